The van der Waals surface area contributed by atoms with Gasteiger partial charge < -0.3 is 15.5 Å². The molecule has 3 aromatic rings. The molecule has 0 aliphatic carbocycles. The van der Waals surface area contributed by atoms with Crippen LogP contribution in [-0.4, -0.2) is 47.0 Å². The predicted octanol–water partition coefficient (Wildman–Crippen LogP) is 3.13. The molecule has 2 heterocycles. The van der Waals surface area contributed by atoms with Crippen LogP contribution >= 0.6 is 0 Å². The molecule has 2 aromatic heterocycles. The zero-order chi connectivity index (χ0) is 19.1. The quantitative estimate of drug-likeness (QED) is 0.670. The van der Waals surface area contributed by atoms with Crippen LogP contribution in [0.4, 0.5) is 17.5 Å². The van der Waals surface area contributed by atoms with E-state index >= 15 is 0 Å². The van der Waals surface area contributed by atoms with E-state index in [0.717, 1.165) is 24.3 Å². The highest BCUT2D eigenvalue weighted by Crippen LogP contribution is 2.24. The number of aromatic nitrogens is 3. The van der Waals surface area contributed by atoms with Crippen molar-refractivity contribution in [2.75, 3.05) is 37.8 Å². The van der Waals surface area contributed by atoms with Crippen molar-refractivity contribution >= 4 is 17.5 Å². The van der Waals surface area contributed by atoms with E-state index in [1.54, 1.807) is 18.5 Å². The second-order valence-corrected chi connectivity index (χ2v) is 6.21. The van der Waals surface area contributed by atoms with Crippen LogP contribution in [-0.2, 0) is 0 Å². The molecule has 27 heavy (non-hydrogen) atoms. The maximum absolute atomic E-state index is 9.31. The molecule has 0 unspecified atom stereocenters. The molecule has 3 rings (SSSR count). The average Bonchev–Trinajstić information content (AvgIpc) is 2.69. The van der Waals surface area contributed by atoms with Gasteiger partial charge in [-0.2, -0.15) is 10.2 Å². The summed E-state index contributed by atoms with van der Waals surface area (Å²) < 4.78 is 0. The summed E-state index contributed by atoms with van der Waals surface area (Å²) >= 11 is 0. The lowest BCUT2D eigenvalue weighted by Crippen LogP contribution is -2.21. The zero-order valence-corrected chi connectivity index (χ0v) is 15.3. The summed E-state index contributed by atoms with van der Waals surface area (Å²) in [7, 11) is 4.03. The normalized spacial score (nSPS) is 10.4. The van der Waals surface area contributed by atoms with E-state index < -0.39 is 0 Å². The molecule has 7 heteroatoms. The Morgan fingerprint density at radius 3 is 2.59 bits per heavy atom. The molecule has 0 saturated carbocycles. The first-order valence-corrected chi connectivity index (χ1v) is 8.60. The largest absolute Gasteiger partial charge is 0.353 e. The van der Waals surface area contributed by atoms with Gasteiger partial charge in [0.05, 0.1) is 16.9 Å². The van der Waals surface area contributed by atoms with Gasteiger partial charge in [0.25, 0.3) is 0 Å². The lowest BCUT2D eigenvalue weighted by molar-refractivity contribution is 0.425. The lowest BCUT2D eigenvalue weighted by Gasteiger charge is -2.13. The van der Waals surface area contributed by atoms with Crippen LogP contribution in [0.25, 0.3) is 11.3 Å². The lowest BCUT2D eigenvalue weighted by atomic mass is 10.2. The Morgan fingerprint density at radius 2 is 1.85 bits per heavy atom. The van der Waals surface area contributed by atoms with Crippen molar-refractivity contribution in [3.8, 4) is 17.3 Å². The fraction of sp³-hybridized carbons (Fsp3) is 0.200. The van der Waals surface area contributed by atoms with E-state index in [2.05, 4.69) is 36.6 Å². The van der Waals surface area contributed by atoms with Crippen LogP contribution in [0.5, 0.6) is 0 Å². The number of nitrogens with zero attached hydrogens (tertiary/aromatic N) is 5. The van der Waals surface area contributed by atoms with E-state index in [1.165, 1.54) is 0 Å². The highest BCUT2D eigenvalue weighted by molar-refractivity contribution is 5.69. The first-order chi connectivity index (χ1) is 13.2. The van der Waals surface area contributed by atoms with Gasteiger partial charge in [-0.3, -0.25) is 4.98 Å². The number of nitrogens with one attached hydrogen (secondary N) is 2. The Kier molecular flexibility index (Phi) is 5.92. The van der Waals surface area contributed by atoms with Crippen LogP contribution in [0.2, 0.25) is 0 Å². The molecule has 0 bridgehead atoms. The number of nitriles is 1. The van der Waals surface area contributed by atoms with Gasteiger partial charge >= 0.3 is 0 Å². The van der Waals surface area contributed by atoms with Crippen molar-refractivity contribution in [1.29, 1.82) is 5.26 Å². The fourth-order valence-corrected chi connectivity index (χ4v) is 2.48. The summed E-state index contributed by atoms with van der Waals surface area (Å²) in [5, 5.41) is 15.8. The van der Waals surface area contributed by atoms with Gasteiger partial charge in [-0.1, -0.05) is 12.1 Å². The number of hydrogen-bond acceptors (Lipinski definition) is 7. The van der Waals surface area contributed by atoms with Crippen LogP contribution in [0.15, 0.2) is 54.9 Å². The number of anilines is 3. The summed E-state index contributed by atoms with van der Waals surface area (Å²) in [6, 6.07) is 15.2. The Balaban J connectivity index is 1.93. The van der Waals surface area contributed by atoms with Crippen molar-refractivity contribution in [1.82, 2.24) is 19.9 Å². The molecular weight excluding hydrogens is 338 g/mol. The minimum absolute atomic E-state index is 0.531. The van der Waals surface area contributed by atoms with E-state index in [-0.39, 0.29) is 0 Å². The summed E-state index contributed by atoms with van der Waals surface area (Å²) in [5.74, 6) is 1.15. The molecule has 2 N–H and O–H groups in total. The van der Waals surface area contributed by atoms with Crippen molar-refractivity contribution in [2.24, 2.45) is 0 Å². The standard InChI is InChI=1S/C20H21N7/c1-27(2)12-11-23-20-25-18(15-7-9-22-10-8-15)13-19(26-20)24-17-6-4-3-5-16(17)14-21/h3-10,13H,11-12H2,1-2H3,(H2,23,24,25,26). The number of hydrogen-bond donors (Lipinski definition) is 2. The minimum Gasteiger partial charge on any atom is -0.353 e. The maximum Gasteiger partial charge on any atom is 0.225 e. The number of likely N-dealkylation sites (N-methyl/N-ethyl adjacent to an activating group) is 1. The van der Waals surface area contributed by atoms with Crippen molar-refractivity contribution < 1.29 is 0 Å². The monoisotopic (exact) mass is 359 g/mol. The van der Waals surface area contributed by atoms with Crippen molar-refractivity contribution in [2.45, 2.75) is 0 Å². The molecule has 0 aliphatic heterocycles. The van der Waals surface area contributed by atoms with Gasteiger partial charge in [0.1, 0.15) is 11.9 Å². The summed E-state index contributed by atoms with van der Waals surface area (Å²) in [6.45, 7) is 1.59. The molecule has 0 radical (unpaired) electrons. The van der Waals surface area contributed by atoms with E-state index in [1.807, 2.05) is 50.5 Å². The van der Waals surface area contributed by atoms with Crippen molar-refractivity contribution in [3.05, 3.63) is 60.4 Å². The number of rotatable bonds is 7. The van der Waals surface area contributed by atoms with Gasteiger partial charge in [-0.25, -0.2) is 4.98 Å². The highest BCUT2D eigenvalue weighted by atomic mass is 15.2. The summed E-state index contributed by atoms with van der Waals surface area (Å²) in [6.07, 6.45) is 3.46. The van der Waals surface area contributed by atoms with Gasteiger partial charge in [0.2, 0.25) is 5.95 Å². The molecule has 0 aliphatic rings. The molecule has 0 spiro atoms. The minimum atomic E-state index is 0.531. The SMILES string of the molecule is CN(C)CCNc1nc(Nc2ccccc2C#N)cc(-c2ccncc2)n1. The third-order valence-electron chi connectivity index (χ3n) is 3.85. The molecular formula is C20H21N7. The third kappa shape index (κ3) is 5.00. The van der Waals surface area contributed by atoms with Gasteiger partial charge in [0, 0.05) is 37.1 Å². The van der Waals surface area contributed by atoms with E-state index in [0.29, 0.717) is 23.0 Å². The first kappa shape index (κ1) is 18.3. The Hall–Kier alpha value is -3.50. The summed E-state index contributed by atoms with van der Waals surface area (Å²) in [4.78, 5) is 15.3. The third-order valence-corrected chi connectivity index (χ3v) is 3.85. The number of para-hydroxylation sites is 1. The Morgan fingerprint density at radius 1 is 1.07 bits per heavy atom. The fourth-order valence-electron chi connectivity index (χ4n) is 2.48. The zero-order valence-electron chi connectivity index (χ0n) is 15.3. The summed E-state index contributed by atoms with van der Waals surface area (Å²) in [5.41, 5.74) is 2.98. The van der Waals surface area contributed by atoms with Crippen LogP contribution in [0, 0.1) is 11.3 Å². The Bertz CT molecular complexity index is 933. The first-order valence-electron chi connectivity index (χ1n) is 8.60. The predicted molar refractivity (Wildman–Crippen MR) is 107 cm³/mol. The molecule has 0 fully saturated rings. The molecule has 0 saturated heterocycles. The Labute approximate surface area is 158 Å². The van der Waals surface area contributed by atoms with Crippen LogP contribution in [0.3, 0.4) is 0 Å². The van der Waals surface area contributed by atoms with Gasteiger partial charge in [0.15, 0.2) is 0 Å². The number of pyridine rings is 1. The molecule has 136 valence electrons. The molecule has 7 nitrogen and oxygen atoms in total. The molecule has 1 aromatic carbocycles. The van der Waals surface area contributed by atoms with Crippen LogP contribution < -0.4 is 10.6 Å². The topological polar surface area (TPSA) is 89.8 Å². The van der Waals surface area contributed by atoms with Gasteiger partial charge in [-0.05, 0) is 38.4 Å². The average molecular weight is 359 g/mol. The van der Waals surface area contributed by atoms with Gasteiger partial charge in [-0.15, -0.1) is 0 Å². The second kappa shape index (κ2) is 8.74. The second-order valence-electron chi connectivity index (χ2n) is 6.21. The molecule has 0 atom stereocenters. The van der Waals surface area contributed by atoms with Crippen molar-refractivity contribution in [3.63, 3.8) is 0 Å². The smallest absolute Gasteiger partial charge is 0.225 e. The number of benzene rings is 1. The van der Waals surface area contributed by atoms with E-state index in [4.69, 9.17) is 0 Å². The maximum atomic E-state index is 9.31. The molecule has 0 amide bonds. The van der Waals surface area contributed by atoms with E-state index in [9.17, 15) is 5.26 Å². The highest BCUT2D eigenvalue weighted by Gasteiger charge is 2.09. The van der Waals surface area contributed by atoms with Crippen LogP contribution in [0.1, 0.15) is 5.56 Å².